The minimum Gasteiger partial charge on any atom is -0.379 e. The molecule has 1 aliphatic heterocycles. The number of amides is 1. The topological polar surface area (TPSA) is 53.9 Å². The van der Waals surface area contributed by atoms with Crippen LogP contribution >= 0.6 is 0 Å². The van der Waals surface area contributed by atoms with Crippen LogP contribution in [0.15, 0.2) is 59.7 Å². The summed E-state index contributed by atoms with van der Waals surface area (Å²) in [6, 6.07) is 15.1. The van der Waals surface area contributed by atoms with Crippen molar-refractivity contribution in [2.75, 3.05) is 26.3 Å². The molecule has 0 saturated carbocycles. The number of halogens is 1. The Morgan fingerprint density at radius 1 is 1.12 bits per heavy atom. The molecule has 25 heavy (non-hydrogen) atoms. The molecular formula is C19H20FN3O2. The van der Waals surface area contributed by atoms with Crippen LogP contribution in [0.25, 0.3) is 0 Å². The van der Waals surface area contributed by atoms with Crippen molar-refractivity contribution in [3.63, 3.8) is 0 Å². The molecule has 0 aromatic heterocycles. The van der Waals surface area contributed by atoms with Crippen LogP contribution in [0.3, 0.4) is 0 Å². The number of morpholine rings is 1. The van der Waals surface area contributed by atoms with Crippen LogP contribution in [-0.4, -0.2) is 43.3 Å². The van der Waals surface area contributed by atoms with Crippen LogP contribution in [0.2, 0.25) is 0 Å². The number of carbonyl (C=O) groups excluding carboxylic acids is 1. The number of benzene rings is 2. The van der Waals surface area contributed by atoms with E-state index in [0.29, 0.717) is 31.9 Å². The molecule has 1 heterocycles. The van der Waals surface area contributed by atoms with E-state index in [1.807, 2.05) is 30.3 Å². The third-order valence-electron chi connectivity index (χ3n) is 4.03. The highest BCUT2D eigenvalue weighted by Crippen LogP contribution is 2.22. The van der Waals surface area contributed by atoms with E-state index >= 15 is 0 Å². The number of ether oxygens (including phenoxy) is 1. The van der Waals surface area contributed by atoms with Gasteiger partial charge in [-0.25, -0.2) is 9.82 Å². The fourth-order valence-corrected chi connectivity index (χ4v) is 2.78. The summed E-state index contributed by atoms with van der Waals surface area (Å²) in [4.78, 5) is 14.8. The average Bonchev–Trinajstić information content (AvgIpc) is 2.65. The van der Waals surface area contributed by atoms with Crippen LogP contribution in [-0.2, 0) is 9.53 Å². The van der Waals surface area contributed by atoms with E-state index in [4.69, 9.17) is 4.74 Å². The zero-order valence-electron chi connectivity index (χ0n) is 13.8. The number of nitrogens with zero attached hydrogens (tertiary/aromatic N) is 2. The minimum absolute atomic E-state index is 0.202. The van der Waals surface area contributed by atoms with Gasteiger partial charge < -0.3 is 4.74 Å². The largest absolute Gasteiger partial charge is 0.379 e. The highest BCUT2D eigenvalue weighted by Gasteiger charge is 2.28. The zero-order valence-corrected chi connectivity index (χ0v) is 13.8. The summed E-state index contributed by atoms with van der Waals surface area (Å²) in [5.41, 5.74) is 4.22. The second-order valence-electron chi connectivity index (χ2n) is 5.75. The van der Waals surface area contributed by atoms with Gasteiger partial charge in [-0.05, 0) is 23.3 Å². The van der Waals surface area contributed by atoms with Crippen molar-refractivity contribution in [2.45, 2.75) is 6.04 Å². The summed E-state index contributed by atoms with van der Waals surface area (Å²) in [6.45, 7) is 2.59. The highest BCUT2D eigenvalue weighted by atomic mass is 19.1. The molecule has 6 heteroatoms. The lowest BCUT2D eigenvalue weighted by Gasteiger charge is -2.33. The molecule has 1 atom stereocenters. The Morgan fingerprint density at radius 3 is 2.48 bits per heavy atom. The van der Waals surface area contributed by atoms with Gasteiger partial charge >= 0.3 is 0 Å². The number of carbonyl (C=O) groups is 1. The smallest absolute Gasteiger partial charge is 0.262 e. The SMILES string of the molecule is O=C(N/N=C/c1ccc(F)cc1)C(c1ccccc1)N1CCOCC1. The van der Waals surface area contributed by atoms with Gasteiger partial charge in [-0.15, -0.1) is 0 Å². The number of nitrogens with one attached hydrogen (secondary N) is 1. The van der Waals surface area contributed by atoms with Crippen LogP contribution in [0.5, 0.6) is 0 Å². The van der Waals surface area contributed by atoms with E-state index in [-0.39, 0.29) is 11.7 Å². The maximum Gasteiger partial charge on any atom is 0.262 e. The Balaban J connectivity index is 1.71. The molecule has 1 unspecified atom stereocenters. The normalized spacial score (nSPS) is 16.7. The second kappa shape index (κ2) is 8.50. The molecular weight excluding hydrogens is 321 g/mol. The third kappa shape index (κ3) is 4.71. The number of hydrogen-bond donors (Lipinski definition) is 1. The molecule has 5 nitrogen and oxygen atoms in total. The van der Waals surface area contributed by atoms with Crippen molar-refractivity contribution in [1.82, 2.24) is 10.3 Å². The molecule has 0 bridgehead atoms. The lowest BCUT2D eigenvalue weighted by molar-refractivity contribution is -0.128. The Hall–Kier alpha value is -2.57. The molecule has 1 saturated heterocycles. The molecule has 3 rings (SSSR count). The summed E-state index contributed by atoms with van der Waals surface area (Å²) in [6.07, 6.45) is 1.50. The standard InChI is InChI=1S/C19H20FN3O2/c20-17-8-6-15(7-9-17)14-21-22-19(24)18(16-4-2-1-3-5-16)23-10-12-25-13-11-23/h1-9,14,18H,10-13H2,(H,22,24)/b21-14+. The van der Waals surface area contributed by atoms with Crippen molar-refractivity contribution in [1.29, 1.82) is 0 Å². The van der Waals surface area contributed by atoms with Gasteiger partial charge in [0.2, 0.25) is 0 Å². The lowest BCUT2D eigenvalue weighted by Crippen LogP contribution is -2.44. The molecule has 2 aromatic rings. The first-order valence-corrected chi connectivity index (χ1v) is 8.19. The molecule has 1 amide bonds. The van der Waals surface area contributed by atoms with Gasteiger partial charge in [0.25, 0.3) is 5.91 Å². The molecule has 130 valence electrons. The first kappa shape index (κ1) is 17.3. The van der Waals surface area contributed by atoms with Gasteiger partial charge in [-0.1, -0.05) is 42.5 Å². The van der Waals surface area contributed by atoms with Crippen LogP contribution in [0.1, 0.15) is 17.2 Å². The second-order valence-corrected chi connectivity index (χ2v) is 5.75. The predicted octanol–water partition coefficient (Wildman–Crippen LogP) is 2.35. The van der Waals surface area contributed by atoms with Crippen molar-refractivity contribution >= 4 is 12.1 Å². The average molecular weight is 341 g/mol. The summed E-state index contributed by atoms with van der Waals surface area (Å²) in [5, 5.41) is 4.01. The van der Waals surface area contributed by atoms with Crippen molar-refractivity contribution < 1.29 is 13.9 Å². The fourth-order valence-electron chi connectivity index (χ4n) is 2.78. The van der Waals surface area contributed by atoms with Gasteiger partial charge in [-0.3, -0.25) is 9.69 Å². The minimum atomic E-state index is -0.421. The highest BCUT2D eigenvalue weighted by molar-refractivity contribution is 5.85. The Bertz CT molecular complexity index is 713. The molecule has 1 aliphatic rings. The molecule has 0 aliphatic carbocycles. The molecule has 1 fully saturated rings. The predicted molar refractivity (Wildman–Crippen MR) is 93.7 cm³/mol. The van der Waals surface area contributed by atoms with Crippen molar-refractivity contribution in [3.05, 3.63) is 71.5 Å². The van der Waals surface area contributed by atoms with E-state index in [9.17, 15) is 9.18 Å². The number of hydrogen-bond acceptors (Lipinski definition) is 4. The number of hydrazone groups is 1. The van der Waals surface area contributed by atoms with Gasteiger partial charge in [0, 0.05) is 13.1 Å². The lowest BCUT2D eigenvalue weighted by atomic mass is 10.0. The quantitative estimate of drug-likeness (QED) is 0.671. The summed E-state index contributed by atoms with van der Waals surface area (Å²) < 4.78 is 18.3. The van der Waals surface area contributed by atoms with E-state index in [2.05, 4.69) is 15.4 Å². The van der Waals surface area contributed by atoms with Crippen molar-refractivity contribution in [2.24, 2.45) is 5.10 Å². The van der Waals surface area contributed by atoms with Crippen molar-refractivity contribution in [3.8, 4) is 0 Å². The fraction of sp³-hybridized carbons (Fsp3) is 0.263. The molecule has 0 spiro atoms. The van der Waals surface area contributed by atoms with Crippen LogP contribution in [0.4, 0.5) is 4.39 Å². The van der Waals surface area contributed by atoms with Gasteiger partial charge in [0.15, 0.2) is 0 Å². The van der Waals surface area contributed by atoms with Crippen LogP contribution in [0, 0.1) is 5.82 Å². The van der Waals surface area contributed by atoms with E-state index in [1.165, 1.54) is 18.3 Å². The molecule has 1 N–H and O–H groups in total. The third-order valence-corrected chi connectivity index (χ3v) is 4.03. The van der Waals surface area contributed by atoms with Gasteiger partial charge in [0.1, 0.15) is 11.9 Å². The van der Waals surface area contributed by atoms with E-state index in [1.54, 1.807) is 12.1 Å². The number of rotatable bonds is 5. The van der Waals surface area contributed by atoms with E-state index in [0.717, 1.165) is 5.56 Å². The first-order valence-electron chi connectivity index (χ1n) is 8.19. The zero-order chi connectivity index (χ0) is 17.5. The monoisotopic (exact) mass is 341 g/mol. The first-order chi connectivity index (χ1) is 12.2. The maximum absolute atomic E-state index is 12.9. The van der Waals surface area contributed by atoms with Gasteiger partial charge in [-0.2, -0.15) is 5.10 Å². The Kier molecular flexibility index (Phi) is 5.87. The molecule has 2 aromatic carbocycles. The van der Waals surface area contributed by atoms with Gasteiger partial charge in [0.05, 0.1) is 19.4 Å². The molecule has 0 radical (unpaired) electrons. The summed E-state index contributed by atoms with van der Waals surface area (Å²) >= 11 is 0. The Morgan fingerprint density at radius 2 is 1.80 bits per heavy atom. The van der Waals surface area contributed by atoms with Crippen LogP contribution < -0.4 is 5.43 Å². The maximum atomic E-state index is 12.9. The summed E-state index contributed by atoms with van der Waals surface area (Å²) in [7, 11) is 0. The van der Waals surface area contributed by atoms with E-state index < -0.39 is 6.04 Å². The Labute approximate surface area is 146 Å². The summed E-state index contributed by atoms with van der Waals surface area (Å²) in [5.74, 6) is -0.510.